The summed E-state index contributed by atoms with van der Waals surface area (Å²) in [5.74, 6) is -1.28. The van der Waals surface area contributed by atoms with Gasteiger partial charge in [-0.15, -0.1) is 0 Å². The molecule has 0 unspecified atom stereocenters. The van der Waals surface area contributed by atoms with Crippen LogP contribution in [0.5, 0.6) is 0 Å². The van der Waals surface area contributed by atoms with Crippen molar-refractivity contribution in [2.24, 2.45) is 0 Å². The molecule has 0 amide bonds. The minimum atomic E-state index is -2.92. The summed E-state index contributed by atoms with van der Waals surface area (Å²) in [5, 5.41) is 8.56. The van der Waals surface area contributed by atoms with Crippen LogP contribution in [0.2, 0.25) is 0 Å². The fourth-order valence-corrected chi connectivity index (χ4v) is 0.884. The van der Waals surface area contributed by atoms with Crippen molar-refractivity contribution in [1.82, 2.24) is 4.98 Å². The van der Waals surface area contributed by atoms with Gasteiger partial charge in [-0.1, -0.05) is 0 Å². The van der Waals surface area contributed by atoms with Crippen molar-refractivity contribution in [2.45, 2.75) is 13.0 Å². The Labute approximate surface area is 70.8 Å². The van der Waals surface area contributed by atoms with E-state index >= 15 is 0 Å². The molecule has 3 nitrogen and oxygen atoms in total. The second-order valence-corrected chi connectivity index (χ2v) is 2.34. The third-order valence-corrected chi connectivity index (χ3v) is 1.51. The number of pyridine rings is 1. The van der Waals surface area contributed by atoms with Gasteiger partial charge in [-0.3, -0.25) is 4.79 Å². The first-order valence-corrected chi connectivity index (χ1v) is 3.37. The molecule has 1 heterocycles. The lowest BCUT2D eigenvalue weighted by atomic mass is 10.2. The summed E-state index contributed by atoms with van der Waals surface area (Å²) in [7, 11) is 0. The number of aliphatic hydroxyl groups excluding tert-OH is 1. The van der Waals surface area contributed by atoms with E-state index in [1.54, 1.807) is 0 Å². The number of nitrogens with one attached hydrogen (secondary N) is 1. The van der Waals surface area contributed by atoms with Gasteiger partial charge in [-0.2, -0.15) is 0 Å². The van der Waals surface area contributed by atoms with E-state index in [0.717, 1.165) is 0 Å². The number of hydrogen-bond donors (Lipinski definition) is 2. The minimum absolute atomic E-state index is 0.360. The van der Waals surface area contributed by atoms with E-state index in [2.05, 4.69) is 0 Å². The molecular weight excluding hydrogens is 187 g/mol. The average Bonchev–Trinajstić information content (AvgIpc) is 2.08. The Morgan fingerprint density at radius 1 is 1.54 bits per heavy atom. The standard InChI is InChI=1S/C7H6F3NO2/c8-4-1-3(6(9)10)5(2-12)11-7(4)13/h1,6,12H,2H2,(H,11,13). The van der Waals surface area contributed by atoms with Crippen LogP contribution >= 0.6 is 0 Å². The molecule has 0 aromatic carbocycles. The molecule has 1 aromatic heterocycles. The summed E-state index contributed by atoms with van der Waals surface area (Å²) in [6.45, 7) is -0.755. The Kier molecular flexibility index (Phi) is 2.72. The summed E-state index contributed by atoms with van der Waals surface area (Å²) < 4.78 is 36.8. The van der Waals surface area contributed by atoms with Crippen LogP contribution in [0.15, 0.2) is 10.9 Å². The second-order valence-electron chi connectivity index (χ2n) is 2.34. The first-order valence-electron chi connectivity index (χ1n) is 3.37. The van der Waals surface area contributed by atoms with Crippen molar-refractivity contribution in [2.75, 3.05) is 0 Å². The van der Waals surface area contributed by atoms with E-state index < -0.39 is 30.0 Å². The summed E-state index contributed by atoms with van der Waals surface area (Å²) in [6.07, 6.45) is -2.92. The molecule has 0 atom stereocenters. The van der Waals surface area contributed by atoms with Gasteiger partial charge in [0.1, 0.15) is 0 Å². The third-order valence-electron chi connectivity index (χ3n) is 1.51. The normalized spacial score (nSPS) is 10.8. The molecule has 0 spiro atoms. The molecule has 0 saturated heterocycles. The molecule has 0 fully saturated rings. The molecule has 0 saturated carbocycles. The van der Waals surface area contributed by atoms with Crippen LogP contribution in [0.3, 0.4) is 0 Å². The molecule has 1 rings (SSSR count). The summed E-state index contributed by atoms with van der Waals surface area (Å²) in [4.78, 5) is 12.4. The zero-order valence-corrected chi connectivity index (χ0v) is 6.35. The maximum absolute atomic E-state index is 12.5. The Morgan fingerprint density at radius 3 is 2.62 bits per heavy atom. The Hall–Kier alpha value is -1.30. The van der Waals surface area contributed by atoms with Crippen molar-refractivity contribution in [3.05, 3.63) is 33.5 Å². The van der Waals surface area contributed by atoms with Crippen molar-refractivity contribution in [1.29, 1.82) is 0 Å². The van der Waals surface area contributed by atoms with E-state index in [1.165, 1.54) is 0 Å². The number of halogens is 3. The SMILES string of the molecule is O=c1[nH]c(CO)c(C(F)F)cc1F. The quantitative estimate of drug-likeness (QED) is 0.734. The van der Waals surface area contributed by atoms with Crippen molar-refractivity contribution in [3.63, 3.8) is 0 Å². The molecule has 6 heteroatoms. The maximum Gasteiger partial charge on any atom is 0.284 e. The number of aliphatic hydroxyl groups is 1. The van der Waals surface area contributed by atoms with Gasteiger partial charge in [0.15, 0.2) is 5.82 Å². The fraction of sp³-hybridized carbons (Fsp3) is 0.286. The lowest BCUT2D eigenvalue weighted by molar-refractivity contribution is 0.145. The highest BCUT2D eigenvalue weighted by molar-refractivity contribution is 5.21. The fourth-order valence-electron chi connectivity index (χ4n) is 0.884. The van der Waals surface area contributed by atoms with Gasteiger partial charge in [-0.05, 0) is 6.07 Å². The monoisotopic (exact) mass is 193 g/mol. The number of aromatic amines is 1. The summed E-state index contributed by atoms with van der Waals surface area (Å²) in [5.41, 5.74) is -2.17. The maximum atomic E-state index is 12.5. The molecule has 0 aliphatic heterocycles. The van der Waals surface area contributed by atoms with Crippen LogP contribution in [0, 0.1) is 5.82 Å². The lowest BCUT2D eigenvalue weighted by Gasteiger charge is -2.04. The van der Waals surface area contributed by atoms with Crippen LogP contribution in [0.4, 0.5) is 13.2 Å². The zero-order valence-electron chi connectivity index (χ0n) is 6.35. The van der Waals surface area contributed by atoms with Crippen LogP contribution in [0.1, 0.15) is 17.7 Å². The second kappa shape index (κ2) is 3.61. The van der Waals surface area contributed by atoms with Crippen molar-refractivity contribution in [3.8, 4) is 0 Å². The molecule has 0 bridgehead atoms. The highest BCUT2D eigenvalue weighted by Crippen LogP contribution is 2.20. The third kappa shape index (κ3) is 1.89. The zero-order chi connectivity index (χ0) is 10.0. The van der Waals surface area contributed by atoms with E-state index in [-0.39, 0.29) is 5.69 Å². The van der Waals surface area contributed by atoms with Crippen LogP contribution in [0.25, 0.3) is 0 Å². The van der Waals surface area contributed by atoms with E-state index in [0.29, 0.717) is 6.07 Å². The summed E-state index contributed by atoms with van der Waals surface area (Å²) in [6, 6.07) is 0.426. The van der Waals surface area contributed by atoms with Crippen molar-refractivity contribution < 1.29 is 18.3 Å². The van der Waals surface area contributed by atoms with Crippen LogP contribution in [-0.2, 0) is 6.61 Å². The van der Waals surface area contributed by atoms with E-state index in [9.17, 15) is 18.0 Å². The number of aromatic nitrogens is 1. The van der Waals surface area contributed by atoms with Gasteiger partial charge in [0.2, 0.25) is 0 Å². The molecule has 2 N–H and O–H groups in total. The van der Waals surface area contributed by atoms with Gasteiger partial charge in [0.25, 0.3) is 12.0 Å². The predicted molar refractivity (Wildman–Crippen MR) is 37.9 cm³/mol. The lowest BCUT2D eigenvalue weighted by Crippen LogP contribution is -2.15. The first-order chi connectivity index (χ1) is 6.06. The predicted octanol–water partition coefficient (Wildman–Crippen LogP) is 0.944. The molecule has 1 aromatic rings. The van der Waals surface area contributed by atoms with Crippen molar-refractivity contribution >= 4 is 0 Å². The highest BCUT2D eigenvalue weighted by Gasteiger charge is 2.15. The van der Waals surface area contributed by atoms with Gasteiger partial charge in [0.05, 0.1) is 12.3 Å². The Balaban J connectivity index is 3.33. The molecular formula is C7H6F3NO2. The molecule has 13 heavy (non-hydrogen) atoms. The molecule has 0 aliphatic carbocycles. The minimum Gasteiger partial charge on any atom is -0.390 e. The Bertz CT molecular complexity index is 361. The number of rotatable bonds is 2. The van der Waals surface area contributed by atoms with Crippen LogP contribution in [-0.4, -0.2) is 10.1 Å². The molecule has 72 valence electrons. The van der Waals surface area contributed by atoms with Gasteiger partial charge >= 0.3 is 0 Å². The summed E-state index contributed by atoms with van der Waals surface area (Å²) >= 11 is 0. The number of H-pyrrole nitrogens is 1. The highest BCUT2D eigenvalue weighted by atomic mass is 19.3. The van der Waals surface area contributed by atoms with E-state index in [1.807, 2.05) is 4.98 Å². The Morgan fingerprint density at radius 2 is 2.15 bits per heavy atom. The van der Waals surface area contributed by atoms with Gasteiger partial charge in [0, 0.05) is 5.56 Å². The number of hydrogen-bond acceptors (Lipinski definition) is 2. The first kappa shape index (κ1) is 9.79. The average molecular weight is 193 g/mol. The van der Waals surface area contributed by atoms with E-state index in [4.69, 9.17) is 5.11 Å². The number of alkyl halides is 2. The molecule has 0 aliphatic rings. The largest absolute Gasteiger partial charge is 0.390 e. The van der Waals surface area contributed by atoms with Gasteiger partial charge in [-0.25, -0.2) is 13.2 Å². The molecule has 0 radical (unpaired) electrons. The van der Waals surface area contributed by atoms with Crippen LogP contribution < -0.4 is 5.56 Å². The van der Waals surface area contributed by atoms with Gasteiger partial charge < -0.3 is 10.1 Å². The smallest absolute Gasteiger partial charge is 0.284 e. The topological polar surface area (TPSA) is 53.1 Å².